The summed E-state index contributed by atoms with van der Waals surface area (Å²) in [6.07, 6.45) is 4.36. The zero-order valence-electron chi connectivity index (χ0n) is 17.1. The molecule has 0 bridgehead atoms. The van der Waals surface area contributed by atoms with Gasteiger partial charge in [-0.3, -0.25) is 0 Å². The number of fused-ring (bicyclic) bond motifs is 1. The van der Waals surface area contributed by atoms with Crippen LogP contribution in [0.4, 0.5) is 5.82 Å². The Kier molecular flexibility index (Phi) is 5.03. The Hall–Kier alpha value is -2.36. The molecular formula is C22H30N4. The van der Waals surface area contributed by atoms with E-state index < -0.39 is 0 Å². The van der Waals surface area contributed by atoms with Crippen LogP contribution in [0.1, 0.15) is 54.8 Å². The van der Waals surface area contributed by atoms with Crippen molar-refractivity contribution >= 4 is 16.9 Å². The van der Waals surface area contributed by atoms with Crippen molar-refractivity contribution in [2.24, 2.45) is 0 Å². The molecule has 0 aliphatic carbocycles. The summed E-state index contributed by atoms with van der Waals surface area (Å²) in [5.41, 5.74) is 7.24. The summed E-state index contributed by atoms with van der Waals surface area (Å²) in [5, 5.41) is 4.77. The number of nitrogens with one attached hydrogen (secondary N) is 1. The van der Waals surface area contributed by atoms with Gasteiger partial charge in [0.05, 0.1) is 11.1 Å². The lowest BCUT2D eigenvalue weighted by Crippen LogP contribution is -2.18. The molecule has 1 aromatic carbocycles. The molecule has 0 aliphatic heterocycles. The lowest BCUT2D eigenvalue weighted by molar-refractivity contribution is 0.669. The van der Waals surface area contributed by atoms with Crippen LogP contribution in [0.25, 0.3) is 16.7 Å². The van der Waals surface area contributed by atoms with Crippen LogP contribution in [0.3, 0.4) is 0 Å². The summed E-state index contributed by atoms with van der Waals surface area (Å²) in [4.78, 5) is 9.54. The third-order valence-corrected chi connectivity index (χ3v) is 5.15. The topological polar surface area (TPSA) is 42.7 Å². The highest BCUT2D eigenvalue weighted by molar-refractivity contribution is 5.92. The zero-order valence-corrected chi connectivity index (χ0v) is 17.1. The largest absolute Gasteiger partial charge is 0.367 e. The highest BCUT2D eigenvalue weighted by Crippen LogP contribution is 2.31. The number of aryl methyl sites for hydroxylation is 5. The number of nitrogens with zero attached hydrogens (tertiary/aromatic N) is 3. The van der Waals surface area contributed by atoms with Gasteiger partial charge < -0.3 is 9.88 Å². The van der Waals surface area contributed by atoms with Crippen molar-refractivity contribution in [3.8, 4) is 5.69 Å². The monoisotopic (exact) mass is 350 g/mol. The third-order valence-electron chi connectivity index (χ3n) is 5.15. The Balaban J connectivity index is 2.26. The van der Waals surface area contributed by atoms with Gasteiger partial charge in [0.2, 0.25) is 0 Å². The van der Waals surface area contributed by atoms with Gasteiger partial charge in [0.1, 0.15) is 11.6 Å². The first-order chi connectivity index (χ1) is 12.3. The second-order valence-electron chi connectivity index (χ2n) is 7.41. The van der Waals surface area contributed by atoms with E-state index >= 15 is 0 Å². The number of hydrogen-bond acceptors (Lipinski definition) is 3. The molecule has 0 saturated carbocycles. The number of anilines is 1. The molecule has 2 heterocycles. The molecule has 138 valence electrons. The number of hydrogen-bond donors (Lipinski definition) is 1. The van der Waals surface area contributed by atoms with E-state index in [1.54, 1.807) is 0 Å². The van der Waals surface area contributed by atoms with Crippen LogP contribution in [-0.4, -0.2) is 20.6 Å². The first kappa shape index (κ1) is 18.4. The fraction of sp³-hybridized carbons (Fsp3) is 0.455. The quantitative estimate of drug-likeness (QED) is 0.655. The summed E-state index contributed by atoms with van der Waals surface area (Å²) in [7, 11) is 0. The summed E-state index contributed by atoms with van der Waals surface area (Å²) in [5.74, 6) is 1.76. The molecule has 0 saturated heterocycles. The second kappa shape index (κ2) is 7.10. The number of aromatic nitrogens is 3. The SMILES string of the molecule is CCC(CC)Nc1nc(C)nc2c1c(C)cn2-c1c(C)cc(C)cc1C. The Morgan fingerprint density at radius 1 is 0.923 bits per heavy atom. The Morgan fingerprint density at radius 2 is 1.54 bits per heavy atom. The molecule has 0 radical (unpaired) electrons. The summed E-state index contributed by atoms with van der Waals surface area (Å²) >= 11 is 0. The van der Waals surface area contributed by atoms with Crippen LogP contribution in [0.15, 0.2) is 18.3 Å². The summed E-state index contributed by atoms with van der Waals surface area (Å²) in [6.45, 7) is 15.0. The van der Waals surface area contributed by atoms with Gasteiger partial charge in [0.15, 0.2) is 5.65 Å². The minimum absolute atomic E-state index is 0.429. The van der Waals surface area contributed by atoms with Crippen molar-refractivity contribution in [1.29, 1.82) is 0 Å². The van der Waals surface area contributed by atoms with Gasteiger partial charge in [0.25, 0.3) is 0 Å². The predicted octanol–water partition coefficient (Wildman–Crippen LogP) is 5.56. The summed E-state index contributed by atoms with van der Waals surface area (Å²) < 4.78 is 2.24. The van der Waals surface area contributed by atoms with Gasteiger partial charge >= 0.3 is 0 Å². The molecule has 0 aliphatic rings. The fourth-order valence-electron chi connectivity index (χ4n) is 3.93. The van der Waals surface area contributed by atoms with Crippen molar-refractivity contribution < 1.29 is 0 Å². The van der Waals surface area contributed by atoms with Gasteiger partial charge in [-0.25, -0.2) is 9.97 Å². The lowest BCUT2D eigenvalue weighted by Gasteiger charge is -2.17. The van der Waals surface area contributed by atoms with Crippen LogP contribution in [0, 0.1) is 34.6 Å². The smallest absolute Gasteiger partial charge is 0.150 e. The number of rotatable bonds is 5. The van der Waals surface area contributed by atoms with E-state index in [2.05, 4.69) is 69.8 Å². The van der Waals surface area contributed by atoms with E-state index in [0.717, 1.165) is 35.5 Å². The van der Waals surface area contributed by atoms with Crippen molar-refractivity contribution in [2.45, 2.75) is 67.3 Å². The molecule has 0 unspecified atom stereocenters. The average Bonchev–Trinajstić information content (AvgIpc) is 2.88. The van der Waals surface area contributed by atoms with Gasteiger partial charge in [-0.05, 0) is 64.2 Å². The van der Waals surface area contributed by atoms with E-state index in [0.29, 0.717) is 6.04 Å². The van der Waals surface area contributed by atoms with E-state index in [4.69, 9.17) is 9.97 Å². The predicted molar refractivity (Wildman–Crippen MR) is 111 cm³/mol. The maximum Gasteiger partial charge on any atom is 0.150 e. The molecular weight excluding hydrogens is 320 g/mol. The first-order valence-corrected chi connectivity index (χ1v) is 9.56. The Morgan fingerprint density at radius 3 is 2.12 bits per heavy atom. The zero-order chi connectivity index (χ0) is 19.0. The average molecular weight is 351 g/mol. The molecule has 0 amide bonds. The van der Waals surface area contributed by atoms with Crippen molar-refractivity contribution in [3.63, 3.8) is 0 Å². The maximum absolute atomic E-state index is 4.81. The molecule has 4 nitrogen and oxygen atoms in total. The maximum atomic E-state index is 4.81. The Bertz CT molecular complexity index is 925. The molecule has 3 rings (SSSR count). The minimum Gasteiger partial charge on any atom is -0.367 e. The van der Waals surface area contributed by atoms with Gasteiger partial charge in [-0.2, -0.15) is 0 Å². The summed E-state index contributed by atoms with van der Waals surface area (Å²) in [6, 6.07) is 4.90. The van der Waals surface area contributed by atoms with Gasteiger partial charge in [0, 0.05) is 12.2 Å². The molecule has 26 heavy (non-hydrogen) atoms. The van der Waals surface area contributed by atoms with E-state index in [-0.39, 0.29) is 0 Å². The molecule has 1 N–H and O–H groups in total. The lowest BCUT2D eigenvalue weighted by atomic mass is 10.1. The van der Waals surface area contributed by atoms with Crippen LogP contribution < -0.4 is 5.32 Å². The molecule has 4 heteroatoms. The fourth-order valence-corrected chi connectivity index (χ4v) is 3.93. The van der Waals surface area contributed by atoms with E-state index in [1.165, 1.54) is 27.9 Å². The van der Waals surface area contributed by atoms with E-state index in [1.807, 2.05) is 6.92 Å². The van der Waals surface area contributed by atoms with Gasteiger partial charge in [-0.15, -0.1) is 0 Å². The normalized spacial score (nSPS) is 11.5. The highest BCUT2D eigenvalue weighted by atomic mass is 15.1. The minimum atomic E-state index is 0.429. The van der Waals surface area contributed by atoms with Crippen molar-refractivity contribution in [2.75, 3.05) is 5.32 Å². The molecule has 0 fully saturated rings. The third kappa shape index (κ3) is 3.20. The van der Waals surface area contributed by atoms with Gasteiger partial charge in [-0.1, -0.05) is 31.5 Å². The number of benzene rings is 1. The van der Waals surface area contributed by atoms with E-state index in [9.17, 15) is 0 Å². The van der Waals surface area contributed by atoms with Crippen LogP contribution in [-0.2, 0) is 0 Å². The molecule has 2 aromatic heterocycles. The highest BCUT2D eigenvalue weighted by Gasteiger charge is 2.18. The van der Waals surface area contributed by atoms with Crippen LogP contribution in [0.5, 0.6) is 0 Å². The van der Waals surface area contributed by atoms with Crippen molar-refractivity contribution in [1.82, 2.24) is 14.5 Å². The Labute approximate surface area is 156 Å². The van der Waals surface area contributed by atoms with Crippen LogP contribution in [0.2, 0.25) is 0 Å². The molecule has 0 atom stereocenters. The van der Waals surface area contributed by atoms with Crippen molar-refractivity contribution in [3.05, 3.63) is 46.4 Å². The second-order valence-corrected chi connectivity index (χ2v) is 7.41. The molecule has 0 spiro atoms. The molecule has 3 aromatic rings. The standard InChI is InChI=1S/C22H30N4/c1-8-18(9-2)25-21-19-16(6)12-26(22(19)24-17(7)23-21)20-14(4)10-13(3)11-15(20)5/h10-12,18H,8-9H2,1-7H3,(H,23,24,25). The first-order valence-electron chi connectivity index (χ1n) is 9.56. The van der Waals surface area contributed by atoms with Crippen LogP contribution >= 0.6 is 0 Å².